The van der Waals surface area contributed by atoms with Gasteiger partial charge in [-0.05, 0) is 32.0 Å². The summed E-state index contributed by atoms with van der Waals surface area (Å²) >= 11 is 0. The maximum atomic E-state index is 12.7. The second kappa shape index (κ2) is 7.11. The van der Waals surface area contributed by atoms with Crippen LogP contribution < -0.4 is 10.3 Å². The summed E-state index contributed by atoms with van der Waals surface area (Å²) in [6.07, 6.45) is 1.24. The normalized spacial score (nSPS) is 19.4. The third kappa shape index (κ3) is 4.48. The summed E-state index contributed by atoms with van der Waals surface area (Å²) in [5.41, 5.74) is -0.397. The number of aromatic amines is 1. The number of hydrogen-bond donors (Lipinski definition) is 1. The largest absolute Gasteiger partial charge is 0.491 e. The van der Waals surface area contributed by atoms with Crippen LogP contribution in [-0.2, 0) is 4.74 Å². The molecular weight excluding hydrogens is 320 g/mol. The van der Waals surface area contributed by atoms with E-state index in [1.54, 1.807) is 11.0 Å². The molecular formula is C19H22N2O4. The molecule has 6 nitrogen and oxygen atoms in total. The number of morpholine rings is 1. The number of ether oxygens (including phenoxy) is 2. The van der Waals surface area contributed by atoms with Crippen LogP contribution in [-0.4, -0.2) is 47.2 Å². The lowest BCUT2D eigenvalue weighted by atomic mass is 10.0. The minimum Gasteiger partial charge on any atom is -0.491 e. The summed E-state index contributed by atoms with van der Waals surface area (Å²) < 4.78 is 11.8. The van der Waals surface area contributed by atoms with E-state index in [4.69, 9.17) is 9.47 Å². The number of nitrogens with zero attached hydrogens (tertiary/aromatic N) is 1. The molecule has 1 atom stereocenters. The number of amides is 1. The zero-order valence-corrected chi connectivity index (χ0v) is 14.4. The van der Waals surface area contributed by atoms with Crippen LogP contribution >= 0.6 is 0 Å². The molecule has 25 heavy (non-hydrogen) atoms. The van der Waals surface area contributed by atoms with Crippen LogP contribution in [0.5, 0.6) is 5.75 Å². The van der Waals surface area contributed by atoms with Crippen molar-refractivity contribution in [2.75, 3.05) is 19.7 Å². The van der Waals surface area contributed by atoms with Gasteiger partial charge < -0.3 is 19.4 Å². The van der Waals surface area contributed by atoms with Gasteiger partial charge in [0.25, 0.3) is 5.91 Å². The highest BCUT2D eigenvalue weighted by atomic mass is 16.5. The highest BCUT2D eigenvalue weighted by Gasteiger charge is 2.36. The Morgan fingerprint density at radius 1 is 1.32 bits per heavy atom. The van der Waals surface area contributed by atoms with E-state index in [1.165, 1.54) is 12.3 Å². The molecule has 1 saturated heterocycles. The summed E-state index contributed by atoms with van der Waals surface area (Å²) in [5, 5.41) is 0. The van der Waals surface area contributed by atoms with E-state index in [0.717, 1.165) is 5.75 Å². The molecule has 1 aliphatic heterocycles. The maximum absolute atomic E-state index is 12.7. The van der Waals surface area contributed by atoms with Crippen LogP contribution in [0.3, 0.4) is 0 Å². The van der Waals surface area contributed by atoms with Gasteiger partial charge in [0.15, 0.2) is 0 Å². The third-order valence-electron chi connectivity index (χ3n) is 3.97. The van der Waals surface area contributed by atoms with Gasteiger partial charge in [0.1, 0.15) is 18.5 Å². The van der Waals surface area contributed by atoms with Crippen LogP contribution in [0.2, 0.25) is 0 Å². The number of hydrogen-bond acceptors (Lipinski definition) is 4. The topological polar surface area (TPSA) is 71.6 Å². The van der Waals surface area contributed by atoms with Gasteiger partial charge in [-0.25, -0.2) is 0 Å². The van der Waals surface area contributed by atoms with Gasteiger partial charge >= 0.3 is 0 Å². The Kier molecular flexibility index (Phi) is 4.90. The van der Waals surface area contributed by atoms with Gasteiger partial charge in [0.05, 0.1) is 12.1 Å². The van der Waals surface area contributed by atoms with Crippen molar-refractivity contribution in [2.45, 2.75) is 25.6 Å². The number of pyridine rings is 1. The molecule has 2 heterocycles. The van der Waals surface area contributed by atoms with Crippen molar-refractivity contribution >= 4 is 5.91 Å². The second-order valence-corrected chi connectivity index (χ2v) is 6.75. The first-order chi connectivity index (χ1) is 11.9. The SMILES string of the molecule is CC1(C)CN(C(=O)c2cc[nH]c(=O)c2)CC(COc2ccccc2)O1. The molecule has 2 aromatic rings. The van der Waals surface area contributed by atoms with E-state index >= 15 is 0 Å². The Hall–Kier alpha value is -2.60. The Labute approximate surface area is 146 Å². The predicted octanol–water partition coefficient (Wildman–Crippen LogP) is 2.07. The molecule has 0 saturated carbocycles. The quantitative estimate of drug-likeness (QED) is 0.923. The van der Waals surface area contributed by atoms with Crippen molar-refractivity contribution in [3.05, 3.63) is 64.6 Å². The summed E-state index contributed by atoms with van der Waals surface area (Å²) in [4.78, 5) is 28.4. The molecule has 0 spiro atoms. The molecule has 0 aliphatic carbocycles. The molecule has 1 aliphatic rings. The minimum absolute atomic E-state index is 0.174. The highest BCUT2D eigenvalue weighted by molar-refractivity contribution is 5.94. The van der Waals surface area contributed by atoms with Gasteiger partial charge in [0.2, 0.25) is 5.56 Å². The van der Waals surface area contributed by atoms with E-state index in [1.807, 2.05) is 44.2 Å². The first-order valence-electron chi connectivity index (χ1n) is 8.27. The van der Waals surface area contributed by atoms with Gasteiger partial charge in [-0.2, -0.15) is 0 Å². The number of para-hydroxylation sites is 1. The lowest BCUT2D eigenvalue weighted by Crippen LogP contribution is -2.56. The van der Waals surface area contributed by atoms with Crippen LogP contribution in [0.25, 0.3) is 0 Å². The summed E-state index contributed by atoms with van der Waals surface area (Å²) in [6.45, 7) is 5.12. The Morgan fingerprint density at radius 2 is 2.08 bits per heavy atom. The van der Waals surface area contributed by atoms with Gasteiger partial charge in [-0.3, -0.25) is 9.59 Å². The highest BCUT2D eigenvalue weighted by Crippen LogP contribution is 2.23. The van der Waals surface area contributed by atoms with E-state index in [0.29, 0.717) is 25.3 Å². The van der Waals surface area contributed by atoms with E-state index in [-0.39, 0.29) is 17.6 Å². The molecule has 1 amide bonds. The van der Waals surface area contributed by atoms with Crippen molar-refractivity contribution in [3.63, 3.8) is 0 Å². The monoisotopic (exact) mass is 342 g/mol. The average molecular weight is 342 g/mol. The van der Waals surface area contributed by atoms with Crippen LogP contribution in [0.1, 0.15) is 24.2 Å². The summed E-state index contributed by atoms with van der Waals surface area (Å²) in [6, 6.07) is 12.4. The van der Waals surface area contributed by atoms with Crippen LogP contribution in [0.15, 0.2) is 53.5 Å². The maximum Gasteiger partial charge on any atom is 0.254 e. The van der Waals surface area contributed by atoms with Gasteiger partial charge in [-0.1, -0.05) is 18.2 Å². The molecule has 1 unspecified atom stereocenters. The van der Waals surface area contributed by atoms with Crippen molar-refractivity contribution in [2.24, 2.45) is 0 Å². The molecule has 0 bridgehead atoms. The van der Waals surface area contributed by atoms with E-state index < -0.39 is 5.60 Å². The number of carbonyl (C=O) groups excluding carboxylic acids is 1. The first kappa shape index (κ1) is 17.2. The van der Waals surface area contributed by atoms with Gasteiger partial charge in [0, 0.05) is 24.4 Å². The van der Waals surface area contributed by atoms with Crippen molar-refractivity contribution in [1.29, 1.82) is 0 Å². The average Bonchev–Trinajstić information content (AvgIpc) is 2.59. The van der Waals surface area contributed by atoms with Crippen LogP contribution in [0.4, 0.5) is 0 Å². The molecule has 6 heteroatoms. The predicted molar refractivity (Wildman–Crippen MR) is 93.9 cm³/mol. The smallest absolute Gasteiger partial charge is 0.254 e. The number of nitrogens with one attached hydrogen (secondary N) is 1. The number of carbonyl (C=O) groups is 1. The van der Waals surface area contributed by atoms with Crippen molar-refractivity contribution in [1.82, 2.24) is 9.88 Å². The lowest BCUT2D eigenvalue weighted by Gasteiger charge is -2.42. The fraction of sp³-hybridized carbons (Fsp3) is 0.368. The molecule has 0 radical (unpaired) electrons. The molecule has 132 valence electrons. The molecule has 1 aromatic carbocycles. The Morgan fingerprint density at radius 3 is 2.80 bits per heavy atom. The molecule has 1 aromatic heterocycles. The Bertz CT molecular complexity index is 785. The van der Waals surface area contributed by atoms with Gasteiger partial charge in [-0.15, -0.1) is 0 Å². The number of aromatic nitrogens is 1. The zero-order valence-electron chi connectivity index (χ0n) is 14.4. The number of H-pyrrole nitrogens is 1. The third-order valence-corrected chi connectivity index (χ3v) is 3.97. The van der Waals surface area contributed by atoms with Crippen molar-refractivity contribution < 1.29 is 14.3 Å². The summed E-state index contributed by atoms with van der Waals surface area (Å²) in [5.74, 6) is 0.592. The van der Waals surface area contributed by atoms with Crippen molar-refractivity contribution in [3.8, 4) is 5.75 Å². The number of benzene rings is 1. The second-order valence-electron chi connectivity index (χ2n) is 6.75. The first-order valence-corrected chi connectivity index (χ1v) is 8.27. The fourth-order valence-electron chi connectivity index (χ4n) is 3.00. The number of rotatable bonds is 4. The fourth-order valence-corrected chi connectivity index (χ4v) is 3.00. The van der Waals surface area contributed by atoms with Crippen LogP contribution in [0, 0.1) is 0 Å². The summed E-state index contributed by atoms with van der Waals surface area (Å²) in [7, 11) is 0. The lowest BCUT2D eigenvalue weighted by molar-refractivity contribution is -0.136. The Balaban J connectivity index is 1.70. The zero-order chi connectivity index (χ0) is 17.9. The molecule has 3 rings (SSSR count). The molecule has 1 N–H and O–H groups in total. The molecule has 1 fully saturated rings. The van der Waals surface area contributed by atoms with E-state index in [2.05, 4.69) is 4.98 Å². The van der Waals surface area contributed by atoms with E-state index in [9.17, 15) is 9.59 Å². The standard InChI is InChI=1S/C19H22N2O4/c1-19(2)13-21(18(23)14-8-9-20-17(22)10-14)11-16(25-19)12-24-15-6-4-3-5-7-15/h3-10,16H,11-13H2,1-2H3,(H,20,22). The minimum atomic E-state index is -0.486.